The summed E-state index contributed by atoms with van der Waals surface area (Å²) in [7, 11) is 0. The van der Waals surface area contributed by atoms with Crippen molar-refractivity contribution in [1.82, 2.24) is 0 Å². The van der Waals surface area contributed by atoms with E-state index in [9.17, 15) is 10.2 Å². The van der Waals surface area contributed by atoms with E-state index in [2.05, 4.69) is 0 Å². The van der Waals surface area contributed by atoms with E-state index in [0.29, 0.717) is 0 Å². The summed E-state index contributed by atoms with van der Waals surface area (Å²) in [4.78, 5) is 0. The molecule has 13 heavy (non-hydrogen) atoms. The van der Waals surface area contributed by atoms with Gasteiger partial charge < -0.3 is 20.7 Å². The predicted octanol–water partition coefficient (Wildman–Crippen LogP) is -0.521. The fourth-order valence-electron chi connectivity index (χ4n) is 1.69. The fourth-order valence-corrected chi connectivity index (χ4v) is 1.69. The summed E-state index contributed by atoms with van der Waals surface area (Å²) in [6.07, 6.45) is -2.12. The third-order valence-corrected chi connectivity index (χ3v) is 2.64. The van der Waals surface area contributed by atoms with Crippen molar-refractivity contribution in [2.75, 3.05) is 0 Å². The van der Waals surface area contributed by atoms with Gasteiger partial charge in [0.1, 0.15) is 0 Å². The van der Waals surface area contributed by atoms with Crippen LogP contribution in [0.3, 0.4) is 0 Å². The number of ether oxygens (including phenoxy) is 1. The maximum absolute atomic E-state index is 9.69. The monoisotopic (exact) mass is 189 g/mol. The summed E-state index contributed by atoms with van der Waals surface area (Å²) in [5, 5.41) is 19.2. The summed E-state index contributed by atoms with van der Waals surface area (Å²) in [5.41, 5.74) is 5.66. The summed E-state index contributed by atoms with van der Waals surface area (Å²) < 4.78 is 5.46. The first-order valence-corrected chi connectivity index (χ1v) is 4.72. The van der Waals surface area contributed by atoms with Crippen molar-refractivity contribution >= 4 is 0 Å². The number of nitrogens with two attached hydrogens (primary N) is 1. The van der Waals surface area contributed by atoms with E-state index < -0.39 is 18.2 Å². The van der Waals surface area contributed by atoms with Gasteiger partial charge in [0.05, 0.1) is 30.5 Å². The van der Waals surface area contributed by atoms with Crippen LogP contribution in [0.4, 0.5) is 0 Å². The highest BCUT2D eigenvalue weighted by Gasteiger charge is 2.41. The number of hydrogen-bond donors (Lipinski definition) is 3. The Balaban J connectivity index is 2.70. The second-order valence-electron chi connectivity index (χ2n) is 4.11. The van der Waals surface area contributed by atoms with E-state index in [0.717, 1.165) is 0 Å². The molecule has 0 spiro atoms. The van der Waals surface area contributed by atoms with Gasteiger partial charge in [0, 0.05) is 0 Å². The van der Waals surface area contributed by atoms with Gasteiger partial charge in [-0.05, 0) is 12.8 Å². The lowest BCUT2D eigenvalue weighted by Crippen LogP contribution is -2.61. The van der Waals surface area contributed by atoms with Crippen LogP contribution in [0.25, 0.3) is 0 Å². The quantitative estimate of drug-likeness (QED) is 0.519. The molecule has 0 bridgehead atoms. The van der Waals surface area contributed by atoms with Crippen molar-refractivity contribution in [3.05, 3.63) is 0 Å². The Morgan fingerprint density at radius 2 is 1.77 bits per heavy atom. The number of hydrogen-bond acceptors (Lipinski definition) is 4. The van der Waals surface area contributed by atoms with Gasteiger partial charge in [-0.3, -0.25) is 0 Å². The molecule has 4 nitrogen and oxygen atoms in total. The molecule has 0 aliphatic carbocycles. The molecule has 0 radical (unpaired) electrons. The van der Waals surface area contributed by atoms with Crippen LogP contribution in [-0.4, -0.2) is 40.7 Å². The van der Waals surface area contributed by atoms with Crippen molar-refractivity contribution in [3.8, 4) is 0 Å². The molecule has 1 heterocycles. The topological polar surface area (TPSA) is 75.7 Å². The van der Waals surface area contributed by atoms with E-state index in [1.54, 1.807) is 6.92 Å². The Hall–Kier alpha value is -0.160. The Bertz CT molecular complexity index is 174. The SMILES string of the molecule is CC(C)[C@@H]1OC(C)[C@@H](O)[C@H](N)C1O. The molecule has 1 fully saturated rings. The second-order valence-corrected chi connectivity index (χ2v) is 4.11. The summed E-state index contributed by atoms with van der Waals surface area (Å²) >= 11 is 0. The summed E-state index contributed by atoms with van der Waals surface area (Å²) in [6, 6.07) is -0.601. The lowest BCUT2D eigenvalue weighted by atomic mass is 9.88. The average Bonchev–Trinajstić information content (AvgIpc) is 2.07. The first-order chi connectivity index (χ1) is 5.95. The van der Waals surface area contributed by atoms with Crippen LogP contribution in [-0.2, 0) is 4.74 Å². The zero-order chi connectivity index (χ0) is 10.2. The molecule has 2 unspecified atom stereocenters. The van der Waals surface area contributed by atoms with E-state index in [-0.39, 0.29) is 18.1 Å². The molecule has 0 aromatic rings. The minimum Gasteiger partial charge on any atom is -0.389 e. The first-order valence-electron chi connectivity index (χ1n) is 4.72. The Morgan fingerprint density at radius 3 is 2.23 bits per heavy atom. The molecule has 0 aromatic heterocycles. The highest BCUT2D eigenvalue weighted by atomic mass is 16.5. The van der Waals surface area contributed by atoms with Gasteiger partial charge in [-0.2, -0.15) is 0 Å². The van der Waals surface area contributed by atoms with Crippen molar-refractivity contribution in [2.45, 2.75) is 51.2 Å². The third kappa shape index (κ3) is 2.02. The largest absolute Gasteiger partial charge is 0.389 e. The Labute approximate surface area is 78.7 Å². The van der Waals surface area contributed by atoms with Crippen LogP contribution in [0.2, 0.25) is 0 Å². The smallest absolute Gasteiger partial charge is 0.0981 e. The van der Waals surface area contributed by atoms with Gasteiger partial charge >= 0.3 is 0 Å². The highest BCUT2D eigenvalue weighted by molar-refractivity contribution is 4.94. The van der Waals surface area contributed by atoms with Gasteiger partial charge in [-0.15, -0.1) is 0 Å². The minimum absolute atomic E-state index is 0.205. The fraction of sp³-hybridized carbons (Fsp3) is 1.00. The van der Waals surface area contributed by atoms with Gasteiger partial charge in [0.15, 0.2) is 0 Å². The lowest BCUT2D eigenvalue weighted by molar-refractivity contribution is -0.184. The standard InChI is InChI=1S/C9H19NO3/c1-4(2)9-8(12)6(10)7(11)5(3)13-9/h4-9,11-12H,10H2,1-3H3/t5?,6-,7+,8?,9-/m0/s1. The molecule has 1 aliphatic rings. The molecule has 4 N–H and O–H groups in total. The van der Waals surface area contributed by atoms with Crippen LogP contribution < -0.4 is 5.73 Å². The molecule has 0 amide bonds. The van der Waals surface area contributed by atoms with Gasteiger partial charge in [0.25, 0.3) is 0 Å². The van der Waals surface area contributed by atoms with E-state index >= 15 is 0 Å². The molecule has 0 saturated carbocycles. The third-order valence-electron chi connectivity index (χ3n) is 2.64. The van der Waals surface area contributed by atoms with Gasteiger partial charge in [-0.1, -0.05) is 13.8 Å². The Morgan fingerprint density at radius 1 is 1.23 bits per heavy atom. The number of aliphatic hydroxyl groups excluding tert-OH is 2. The molecule has 1 saturated heterocycles. The highest BCUT2D eigenvalue weighted by Crippen LogP contribution is 2.24. The maximum atomic E-state index is 9.69. The van der Waals surface area contributed by atoms with E-state index in [1.165, 1.54) is 0 Å². The van der Waals surface area contributed by atoms with Gasteiger partial charge in [-0.25, -0.2) is 0 Å². The van der Waals surface area contributed by atoms with Gasteiger partial charge in [0.2, 0.25) is 0 Å². The molecular formula is C9H19NO3. The van der Waals surface area contributed by atoms with Crippen LogP contribution in [0, 0.1) is 5.92 Å². The molecule has 1 aliphatic heterocycles. The molecule has 1 rings (SSSR count). The van der Waals surface area contributed by atoms with Crippen LogP contribution in [0.1, 0.15) is 20.8 Å². The van der Waals surface area contributed by atoms with Crippen LogP contribution in [0.15, 0.2) is 0 Å². The average molecular weight is 189 g/mol. The van der Waals surface area contributed by atoms with Crippen LogP contribution in [0.5, 0.6) is 0 Å². The van der Waals surface area contributed by atoms with Crippen molar-refractivity contribution in [2.24, 2.45) is 11.7 Å². The van der Waals surface area contributed by atoms with E-state index in [4.69, 9.17) is 10.5 Å². The lowest BCUT2D eigenvalue weighted by Gasteiger charge is -2.41. The van der Waals surface area contributed by atoms with Crippen molar-refractivity contribution in [3.63, 3.8) is 0 Å². The molecular weight excluding hydrogens is 170 g/mol. The normalized spacial score (nSPS) is 46.8. The summed E-state index contributed by atoms with van der Waals surface area (Å²) in [6.45, 7) is 5.70. The van der Waals surface area contributed by atoms with Crippen molar-refractivity contribution < 1.29 is 14.9 Å². The Kier molecular flexibility index (Phi) is 3.29. The second kappa shape index (κ2) is 3.92. The van der Waals surface area contributed by atoms with E-state index in [1.807, 2.05) is 13.8 Å². The molecule has 0 aromatic carbocycles. The van der Waals surface area contributed by atoms with Crippen molar-refractivity contribution in [1.29, 1.82) is 0 Å². The predicted molar refractivity (Wildman–Crippen MR) is 49.2 cm³/mol. The molecule has 4 heteroatoms. The van der Waals surface area contributed by atoms with Crippen LogP contribution >= 0.6 is 0 Å². The molecule has 78 valence electrons. The zero-order valence-corrected chi connectivity index (χ0v) is 8.34. The zero-order valence-electron chi connectivity index (χ0n) is 8.34. The minimum atomic E-state index is -0.773. The number of rotatable bonds is 1. The number of aliphatic hydroxyl groups is 2. The first kappa shape index (κ1) is 10.9. The molecule has 5 atom stereocenters. The summed E-state index contributed by atoms with van der Waals surface area (Å²) in [5.74, 6) is 0.205. The maximum Gasteiger partial charge on any atom is 0.0981 e.